The third-order valence-corrected chi connectivity index (χ3v) is 3.50. The van der Waals surface area contributed by atoms with Crippen LogP contribution in [-0.2, 0) is 4.74 Å². The molecule has 1 rings (SSSR count). The maximum atomic E-state index is 5.40. The third kappa shape index (κ3) is 4.99. The van der Waals surface area contributed by atoms with E-state index in [9.17, 15) is 0 Å². The summed E-state index contributed by atoms with van der Waals surface area (Å²) >= 11 is 0. The summed E-state index contributed by atoms with van der Waals surface area (Å²) in [5.74, 6) is 1.65. The molecule has 0 spiro atoms. The first kappa shape index (κ1) is 14.2. The van der Waals surface area contributed by atoms with Gasteiger partial charge in [0.25, 0.3) is 0 Å². The summed E-state index contributed by atoms with van der Waals surface area (Å²) in [5.41, 5.74) is 0. The lowest BCUT2D eigenvalue weighted by Crippen LogP contribution is -2.44. The lowest BCUT2D eigenvalue weighted by Gasteiger charge is -2.41. The molecular formula is C12H21B3O. The molecule has 0 N–H and O–H groups in total. The van der Waals surface area contributed by atoms with E-state index < -0.39 is 5.30 Å². The molecule has 16 heavy (non-hydrogen) atoms. The lowest BCUT2D eigenvalue weighted by atomic mass is 9.52. The highest BCUT2D eigenvalue weighted by Gasteiger charge is 2.33. The van der Waals surface area contributed by atoms with Crippen molar-refractivity contribution in [3.8, 4) is 0 Å². The molecule has 0 aromatic rings. The van der Waals surface area contributed by atoms with Crippen LogP contribution in [0.4, 0.5) is 0 Å². The van der Waals surface area contributed by atoms with Gasteiger partial charge in [-0.3, -0.25) is 0 Å². The van der Waals surface area contributed by atoms with Gasteiger partial charge in [-0.2, -0.15) is 0 Å². The molecule has 0 aliphatic heterocycles. The van der Waals surface area contributed by atoms with Crippen LogP contribution in [0.2, 0.25) is 0 Å². The minimum atomic E-state index is -1.46. The molecule has 0 aromatic carbocycles. The van der Waals surface area contributed by atoms with Crippen LogP contribution in [0.5, 0.6) is 0 Å². The second-order valence-corrected chi connectivity index (χ2v) is 5.23. The largest absolute Gasteiger partial charge is 0.400 e. The molecule has 4 heteroatoms. The van der Waals surface area contributed by atoms with E-state index in [1.165, 1.54) is 25.7 Å². The molecule has 1 nitrogen and oxygen atoms in total. The van der Waals surface area contributed by atoms with E-state index in [-0.39, 0.29) is 6.10 Å². The topological polar surface area (TPSA) is 9.23 Å². The summed E-state index contributed by atoms with van der Waals surface area (Å²) in [7, 11) is 16.2. The van der Waals surface area contributed by atoms with Crippen LogP contribution in [0, 0.1) is 11.8 Å². The van der Waals surface area contributed by atoms with Crippen molar-refractivity contribution in [1.29, 1.82) is 0 Å². The zero-order chi connectivity index (χ0) is 12.2. The zero-order valence-electron chi connectivity index (χ0n) is 10.6. The highest BCUT2D eigenvalue weighted by Crippen LogP contribution is 2.37. The van der Waals surface area contributed by atoms with Gasteiger partial charge < -0.3 is 4.74 Å². The van der Waals surface area contributed by atoms with Gasteiger partial charge in [-0.1, -0.05) is 33.1 Å². The number of rotatable bonds is 7. The molecule has 1 unspecified atom stereocenters. The van der Waals surface area contributed by atoms with Gasteiger partial charge in [0.1, 0.15) is 0 Å². The van der Waals surface area contributed by atoms with Crippen molar-refractivity contribution in [2.75, 3.05) is 0 Å². The Morgan fingerprint density at radius 2 is 1.88 bits per heavy atom. The zero-order valence-corrected chi connectivity index (χ0v) is 10.6. The van der Waals surface area contributed by atoms with Crippen LogP contribution >= 0.6 is 0 Å². The van der Waals surface area contributed by atoms with Crippen LogP contribution < -0.4 is 0 Å². The molecule has 1 aliphatic rings. The fraction of sp³-hybridized carbons (Fsp3) is 1.00. The Morgan fingerprint density at radius 3 is 2.31 bits per heavy atom. The average Bonchev–Trinajstić information content (AvgIpc) is 2.11. The maximum Gasteiger partial charge on any atom is 0.0862 e. The molecule has 0 aromatic heterocycles. The van der Waals surface area contributed by atoms with E-state index in [4.69, 9.17) is 28.3 Å². The van der Waals surface area contributed by atoms with Crippen LogP contribution in [0.15, 0.2) is 0 Å². The van der Waals surface area contributed by atoms with Crippen molar-refractivity contribution < 1.29 is 4.74 Å². The predicted octanol–water partition coefficient (Wildman–Crippen LogP) is 2.11. The van der Waals surface area contributed by atoms with Crippen molar-refractivity contribution in [1.82, 2.24) is 0 Å². The van der Waals surface area contributed by atoms with Crippen molar-refractivity contribution in [3.05, 3.63) is 0 Å². The van der Waals surface area contributed by atoms with Gasteiger partial charge in [-0.15, -0.1) is 0 Å². The SMILES string of the molecule is [B]C([B])([B])OC1CC(CC(CC)CCC)C1. The molecular weight excluding hydrogens is 193 g/mol. The first-order valence-electron chi connectivity index (χ1n) is 6.49. The Labute approximate surface area is 104 Å². The Morgan fingerprint density at radius 1 is 1.25 bits per heavy atom. The molecule has 1 aliphatic carbocycles. The molecule has 1 fully saturated rings. The maximum absolute atomic E-state index is 5.40. The second-order valence-electron chi connectivity index (χ2n) is 5.23. The number of hydrogen-bond donors (Lipinski definition) is 0. The minimum absolute atomic E-state index is 0.170. The predicted molar refractivity (Wildman–Crippen MR) is 70.9 cm³/mol. The third-order valence-electron chi connectivity index (χ3n) is 3.50. The van der Waals surface area contributed by atoms with Crippen molar-refractivity contribution in [2.45, 2.75) is 63.8 Å². The summed E-state index contributed by atoms with van der Waals surface area (Å²) in [4.78, 5) is 0. The average molecular weight is 214 g/mol. The van der Waals surface area contributed by atoms with Gasteiger partial charge in [0.15, 0.2) is 0 Å². The van der Waals surface area contributed by atoms with E-state index in [2.05, 4.69) is 13.8 Å². The molecule has 0 heterocycles. The Hall–Kier alpha value is 0.155. The lowest BCUT2D eigenvalue weighted by molar-refractivity contribution is -0.0423. The van der Waals surface area contributed by atoms with Gasteiger partial charge in [0.2, 0.25) is 0 Å². The summed E-state index contributed by atoms with van der Waals surface area (Å²) in [6.07, 6.45) is 7.52. The smallest absolute Gasteiger partial charge is 0.0862 e. The molecule has 0 amide bonds. The van der Waals surface area contributed by atoms with E-state index in [0.717, 1.165) is 24.7 Å². The number of ether oxygens (including phenoxy) is 1. The first-order chi connectivity index (χ1) is 7.44. The van der Waals surface area contributed by atoms with Gasteiger partial charge >= 0.3 is 0 Å². The minimum Gasteiger partial charge on any atom is -0.400 e. The fourth-order valence-corrected chi connectivity index (χ4v) is 2.62. The summed E-state index contributed by atoms with van der Waals surface area (Å²) in [6.45, 7) is 4.53. The molecule has 6 radical (unpaired) electrons. The Kier molecular flexibility index (Phi) is 5.50. The van der Waals surface area contributed by atoms with Gasteiger partial charge in [-0.25, -0.2) is 0 Å². The van der Waals surface area contributed by atoms with Gasteiger partial charge in [-0.05, 0) is 36.4 Å². The van der Waals surface area contributed by atoms with Crippen LogP contribution in [0.3, 0.4) is 0 Å². The summed E-state index contributed by atoms with van der Waals surface area (Å²) in [5, 5.41) is -1.46. The fourth-order valence-electron chi connectivity index (χ4n) is 2.62. The first-order valence-corrected chi connectivity index (χ1v) is 6.49. The quantitative estimate of drug-likeness (QED) is 0.589. The van der Waals surface area contributed by atoms with E-state index in [1.54, 1.807) is 0 Å². The van der Waals surface area contributed by atoms with Crippen molar-refractivity contribution >= 4 is 23.5 Å². The van der Waals surface area contributed by atoms with E-state index >= 15 is 0 Å². The Bertz CT molecular complexity index is 197. The Balaban J connectivity index is 2.15. The number of hydrogen-bond acceptors (Lipinski definition) is 1. The molecule has 0 bridgehead atoms. The molecule has 1 atom stereocenters. The normalized spacial score (nSPS) is 27.4. The monoisotopic (exact) mass is 214 g/mol. The summed E-state index contributed by atoms with van der Waals surface area (Å²) < 4.78 is 5.31. The summed E-state index contributed by atoms with van der Waals surface area (Å²) in [6, 6.07) is 0. The second kappa shape index (κ2) is 6.19. The van der Waals surface area contributed by atoms with Crippen LogP contribution in [0.1, 0.15) is 52.4 Å². The van der Waals surface area contributed by atoms with E-state index in [0.29, 0.717) is 0 Å². The van der Waals surface area contributed by atoms with Gasteiger partial charge in [0, 0.05) is 0 Å². The highest BCUT2D eigenvalue weighted by atomic mass is 16.5. The van der Waals surface area contributed by atoms with Crippen LogP contribution in [0.25, 0.3) is 0 Å². The van der Waals surface area contributed by atoms with Crippen LogP contribution in [-0.4, -0.2) is 34.9 Å². The van der Waals surface area contributed by atoms with Crippen molar-refractivity contribution in [3.63, 3.8) is 0 Å². The highest BCUT2D eigenvalue weighted by molar-refractivity contribution is 6.58. The standard InChI is InChI=1S/C12H21B3O/c1-3-5-9(4-2)6-10-7-11(8-10)16-12(13,14)15/h9-11H,3-8H2,1-2H3. The van der Waals surface area contributed by atoms with Crippen molar-refractivity contribution in [2.24, 2.45) is 11.8 Å². The molecule has 84 valence electrons. The molecule has 0 saturated heterocycles. The van der Waals surface area contributed by atoms with E-state index in [1.807, 2.05) is 0 Å². The van der Waals surface area contributed by atoms with Gasteiger partial charge in [0.05, 0.1) is 29.6 Å². The molecule has 1 saturated carbocycles.